The van der Waals surface area contributed by atoms with Crippen molar-refractivity contribution in [2.24, 2.45) is 5.92 Å². The molecule has 0 spiro atoms. The first-order valence-corrected chi connectivity index (χ1v) is 5.34. The molecule has 86 valence electrons. The number of ether oxygens (including phenoxy) is 1. The van der Waals surface area contributed by atoms with Crippen LogP contribution in [0.3, 0.4) is 0 Å². The molecule has 2 heterocycles. The van der Waals surface area contributed by atoms with Crippen LogP contribution >= 0.6 is 0 Å². The van der Waals surface area contributed by atoms with Crippen LogP contribution < -0.4 is 0 Å². The molecule has 0 amide bonds. The lowest BCUT2D eigenvalue weighted by atomic mass is 10.0. The monoisotopic (exact) mass is 222 g/mol. The van der Waals surface area contributed by atoms with E-state index < -0.39 is 17.9 Å². The molecular formula is C11H14N2O3. The van der Waals surface area contributed by atoms with Gasteiger partial charge in [-0.1, -0.05) is 13.8 Å². The van der Waals surface area contributed by atoms with Gasteiger partial charge in [0.1, 0.15) is 5.92 Å². The Balaban J connectivity index is 2.23. The van der Waals surface area contributed by atoms with Gasteiger partial charge in [-0.15, -0.1) is 0 Å². The summed E-state index contributed by atoms with van der Waals surface area (Å²) in [5, 5.41) is 4.16. The van der Waals surface area contributed by atoms with Gasteiger partial charge in [0, 0.05) is 12.7 Å². The number of nitrogens with zero attached hydrogens (tertiary/aromatic N) is 2. The van der Waals surface area contributed by atoms with Crippen LogP contribution in [0.15, 0.2) is 12.3 Å². The Morgan fingerprint density at radius 1 is 1.56 bits per heavy atom. The first kappa shape index (κ1) is 10.9. The van der Waals surface area contributed by atoms with Crippen LogP contribution in [0.5, 0.6) is 0 Å². The molecule has 1 saturated heterocycles. The molecule has 0 saturated carbocycles. The van der Waals surface area contributed by atoms with Gasteiger partial charge < -0.3 is 4.74 Å². The highest BCUT2D eigenvalue weighted by Crippen LogP contribution is 2.27. The van der Waals surface area contributed by atoms with Gasteiger partial charge in [0.15, 0.2) is 0 Å². The smallest absolute Gasteiger partial charge is 0.323 e. The minimum atomic E-state index is -0.478. The molecule has 2 rings (SSSR count). The van der Waals surface area contributed by atoms with E-state index in [-0.39, 0.29) is 6.42 Å². The van der Waals surface area contributed by atoms with Crippen molar-refractivity contribution in [3.05, 3.63) is 18.0 Å². The van der Waals surface area contributed by atoms with Crippen molar-refractivity contribution in [2.75, 3.05) is 0 Å². The minimum Gasteiger partial charge on any atom is -0.393 e. The molecule has 1 aromatic rings. The quantitative estimate of drug-likeness (QED) is 0.567. The van der Waals surface area contributed by atoms with Gasteiger partial charge in [-0.05, 0) is 12.0 Å². The van der Waals surface area contributed by atoms with Crippen molar-refractivity contribution in [3.8, 4) is 0 Å². The van der Waals surface area contributed by atoms with Crippen molar-refractivity contribution in [1.82, 2.24) is 9.78 Å². The Kier molecular flexibility index (Phi) is 2.77. The predicted molar refractivity (Wildman–Crippen MR) is 55.5 cm³/mol. The van der Waals surface area contributed by atoms with E-state index in [2.05, 4.69) is 23.7 Å². The Morgan fingerprint density at radius 2 is 2.31 bits per heavy atom. The van der Waals surface area contributed by atoms with Crippen LogP contribution in [0.25, 0.3) is 0 Å². The molecule has 5 heteroatoms. The highest BCUT2D eigenvalue weighted by atomic mass is 16.6. The second kappa shape index (κ2) is 4.08. The number of carbonyl (C=O) groups is 2. The summed E-state index contributed by atoms with van der Waals surface area (Å²) in [5.41, 5.74) is 0.768. The van der Waals surface area contributed by atoms with E-state index in [9.17, 15) is 9.59 Å². The average Bonchev–Trinajstić information content (AvgIpc) is 2.72. The normalized spacial score (nSPS) is 20.6. The molecule has 1 aliphatic rings. The third kappa shape index (κ3) is 1.98. The second-order valence-electron chi connectivity index (χ2n) is 4.38. The maximum atomic E-state index is 11.4. The number of cyclic esters (lactones) is 2. The molecule has 16 heavy (non-hydrogen) atoms. The van der Waals surface area contributed by atoms with Gasteiger partial charge in [0.05, 0.1) is 12.1 Å². The van der Waals surface area contributed by atoms with Crippen molar-refractivity contribution < 1.29 is 14.3 Å². The zero-order chi connectivity index (χ0) is 11.7. The van der Waals surface area contributed by atoms with Crippen molar-refractivity contribution in [2.45, 2.75) is 32.7 Å². The van der Waals surface area contributed by atoms with E-state index >= 15 is 0 Å². The summed E-state index contributed by atoms with van der Waals surface area (Å²) >= 11 is 0. The minimum absolute atomic E-state index is 0.128. The third-order valence-electron chi connectivity index (χ3n) is 2.51. The van der Waals surface area contributed by atoms with Crippen LogP contribution in [-0.2, 0) is 20.9 Å². The maximum Gasteiger partial charge on any atom is 0.323 e. The molecule has 0 N–H and O–H groups in total. The Bertz CT molecular complexity index is 423. The van der Waals surface area contributed by atoms with E-state index in [1.807, 2.05) is 0 Å². The highest BCUT2D eigenvalue weighted by molar-refractivity contribution is 5.97. The maximum absolute atomic E-state index is 11.4. The molecule has 0 bridgehead atoms. The van der Waals surface area contributed by atoms with Gasteiger partial charge in [-0.3, -0.25) is 14.3 Å². The van der Waals surface area contributed by atoms with E-state index in [4.69, 9.17) is 0 Å². The van der Waals surface area contributed by atoms with Crippen molar-refractivity contribution in [3.63, 3.8) is 0 Å². The summed E-state index contributed by atoms with van der Waals surface area (Å²) in [6.07, 6.45) is 1.77. The van der Waals surface area contributed by atoms with Crippen LogP contribution in [0.2, 0.25) is 0 Å². The summed E-state index contributed by atoms with van der Waals surface area (Å²) in [6.45, 7) is 4.88. The van der Waals surface area contributed by atoms with Crippen molar-refractivity contribution in [1.29, 1.82) is 0 Å². The molecule has 5 nitrogen and oxygen atoms in total. The Morgan fingerprint density at radius 3 is 2.88 bits per heavy atom. The van der Waals surface area contributed by atoms with Gasteiger partial charge >= 0.3 is 11.9 Å². The first-order chi connectivity index (χ1) is 7.58. The van der Waals surface area contributed by atoms with Gasteiger partial charge in [-0.2, -0.15) is 5.10 Å². The number of hydrogen-bond acceptors (Lipinski definition) is 4. The molecule has 0 aliphatic carbocycles. The van der Waals surface area contributed by atoms with Gasteiger partial charge in [-0.25, -0.2) is 0 Å². The average molecular weight is 222 g/mol. The summed E-state index contributed by atoms with van der Waals surface area (Å²) in [7, 11) is 0. The Labute approximate surface area is 93.4 Å². The number of aromatic nitrogens is 2. The number of carbonyl (C=O) groups excluding carboxylic acids is 2. The lowest BCUT2D eigenvalue weighted by Gasteiger charge is -2.11. The van der Waals surface area contributed by atoms with Gasteiger partial charge in [0.25, 0.3) is 0 Å². The second-order valence-corrected chi connectivity index (χ2v) is 4.38. The fourth-order valence-electron chi connectivity index (χ4n) is 1.84. The topological polar surface area (TPSA) is 61.2 Å². The standard InChI is InChI=1S/C11H14N2O3/c1-7(2)6-13-9(3-4-12-13)8-5-10(14)16-11(8)15/h3-4,7-8H,5-6H2,1-2H3. The van der Waals surface area contributed by atoms with Gasteiger partial charge in [0.2, 0.25) is 0 Å². The zero-order valence-corrected chi connectivity index (χ0v) is 9.34. The fourth-order valence-corrected chi connectivity index (χ4v) is 1.84. The molecule has 1 aliphatic heterocycles. The largest absolute Gasteiger partial charge is 0.393 e. The summed E-state index contributed by atoms with van der Waals surface area (Å²) in [4.78, 5) is 22.5. The third-order valence-corrected chi connectivity index (χ3v) is 2.51. The Hall–Kier alpha value is -1.65. The van der Waals surface area contributed by atoms with E-state index in [1.165, 1.54) is 0 Å². The molecule has 1 unspecified atom stereocenters. The summed E-state index contributed by atoms with van der Waals surface area (Å²) < 4.78 is 6.31. The number of rotatable bonds is 3. The van der Waals surface area contributed by atoms with Crippen LogP contribution in [0, 0.1) is 5.92 Å². The SMILES string of the molecule is CC(C)Cn1nccc1C1CC(=O)OC1=O. The highest BCUT2D eigenvalue weighted by Gasteiger charge is 2.36. The zero-order valence-electron chi connectivity index (χ0n) is 9.34. The van der Waals surface area contributed by atoms with E-state index in [0.717, 1.165) is 12.2 Å². The molecular weight excluding hydrogens is 208 g/mol. The van der Waals surface area contributed by atoms with E-state index in [1.54, 1.807) is 16.9 Å². The molecule has 1 aromatic heterocycles. The number of hydrogen-bond donors (Lipinski definition) is 0. The number of esters is 2. The lowest BCUT2D eigenvalue weighted by Crippen LogP contribution is -2.15. The fraction of sp³-hybridized carbons (Fsp3) is 0.545. The first-order valence-electron chi connectivity index (χ1n) is 5.34. The molecule has 0 radical (unpaired) electrons. The van der Waals surface area contributed by atoms with E-state index in [0.29, 0.717) is 5.92 Å². The molecule has 1 atom stereocenters. The van der Waals surface area contributed by atoms with Crippen LogP contribution in [0.4, 0.5) is 0 Å². The predicted octanol–water partition coefficient (Wildman–Crippen LogP) is 1.10. The summed E-state index contributed by atoms with van der Waals surface area (Å²) in [5.74, 6) is -0.955. The summed E-state index contributed by atoms with van der Waals surface area (Å²) in [6, 6.07) is 1.77. The molecule has 1 fully saturated rings. The molecule has 0 aromatic carbocycles. The van der Waals surface area contributed by atoms with Crippen LogP contribution in [0.1, 0.15) is 31.9 Å². The van der Waals surface area contributed by atoms with Crippen LogP contribution in [-0.4, -0.2) is 21.7 Å². The van der Waals surface area contributed by atoms with Crippen molar-refractivity contribution >= 4 is 11.9 Å². The lowest BCUT2D eigenvalue weighted by molar-refractivity contribution is -0.152.